The molecule has 108 valence electrons. The number of rotatable bonds is 4. The van der Waals surface area contributed by atoms with E-state index in [1.54, 1.807) is 45.0 Å². The van der Waals surface area contributed by atoms with E-state index >= 15 is 0 Å². The molecular weight excluding hydrogens is 262 g/mol. The number of carbonyl (C=O) groups excluding carboxylic acids is 1. The number of nitro groups is 1. The van der Waals surface area contributed by atoms with Gasteiger partial charge in [0.1, 0.15) is 16.9 Å². The largest absolute Gasteiger partial charge is 0.497 e. The average Bonchev–Trinajstić information content (AvgIpc) is 2.34. The zero-order valence-electron chi connectivity index (χ0n) is 11.9. The molecule has 0 aliphatic rings. The minimum absolute atomic E-state index is 0.104. The monoisotopic (exact) mass is 279 g/mol. The average molecular weight is 279 g/mol. The van der Waals surface area contributed by atoms with Crippen LogP contribution in [0, 0.1) is 10.1 Å². The second-order valence-corrected chi connectivity index (χ2v) is 5.06. The Morgan fingerprint density at radius 2 is 1.80 bits per heavy atom. The Kier molecular flexibility index (Phi) is 4.85. The summed E-state index contributed by atoms with van der Waals surface area (Å²) in [5.41, 5.74) is -0.427. The van der Waals surface area contributed by atoms with Gasteiger partial charge in [-0.15, -0.1) is 0 Å². The van der Waals surface area contributed by atoms with Gasteiger partial charge in [0, 0.05) is 0 Å². The van der Waals surface area contributed by atoms with Crippen molar-refractivity contribution in [1.29, 1.82) is 0 Å². The van der Waals surface area contributed by atoms with Gasteiger partial charge in [0.2, 0.25) is 6.20 Å². The number of benzene rings is 1. The fraction of sp³-hybridized carbons (Fsp3) is 0.357. The maximum absolute atomic E-state index is 12.0. The van der Waals surface area contributed by atoms with E-state index < -0.39 is 16.5 Å². The van der Waals surface area contributed by atoms with E-state index in [2.05, 4.69) is 0 Å². The summed E-state index contributed by atoms with van der Waals surface area (Å²) in [6.07, 6.45) is 0.649. The third-order valence-electron chi connectivity index (χ3n) is 2.25. The van der Waals surface area contributed by atoms with Gasteiger partial charge in [0.05, 0.1) is 12.0 Å². The molecule has 1 aromatic rings. The van der Waals surface area contributed by atoms with Crippen molar-refractivity contribution in [2.24, 2.45) is 0 Å². The van der Waals surface area contributed by atoms with Gasteiger partial charge in [-0.05, 0) is 38.5 Å². The van der Waals surface area contributed by atoms with Crippen molar-refractivity contribution in [3.63, 3.8) is 0 Å². The second kappa shape index (κ2) is 6.18. The molecular formula is C14H17NO5. The molecule has 6 nitrogen and oxygen atoms in total. The lowest BCUT2D eigenvalue weighted by Crippen LogP contribution is -2.24. The molecule has 0 aliphatic heterocycles. The van der Waals surface area contributed by atoms with E-state index in [1.165, 1.54) is 7.11 Å². The highest BCUT2D eigenvalue weighted by molar-refractivity contribution is 6.16. The molecule has 0 N–H and O–H groups in total. The smallest absolute Gasteiger partial charge is 0.345 e. The molecule has 0 radical (unpaired) electrons. The van der Waals surface area contributed by atoms with Gasteiger partial charge in [0.15, 0.2) is 0 Å². The quantitative estimate of drug-likeness (QED) is 0.366. The van der Waals surface area contributed by atoms with E-state index in [0.29, 0.717) is 17.5 Å². The maximum Gasteiger partial charge on any atom is 0.345 e. The van der Waals surface area contributed by atoms with Gasteiger partial charge in [-0.2, -0.15) is 0 Å². The summed E-state index contributed by atoms with van der Waals surface area (Å²) in [4.78, 5) is 22.0. The lowest BCUT2D eigenvalue weighted by Gasteiger charge is -2.20. The number of ether oxygens (including phenoxy) is 2. The van der Waals surface area contributed by atoms with Crippen LogP contribution in [-0.4, -0.2) is 23.6 Å². The Bertz CT molecular complexity index is 525. The number of hydrogen-bond donors (Lipinski definition) is 0. The Labute approximate surface area is 117 Å². The molecule has 0 unspecified atom stereocenters. The Hall–Kier alpha value is -2.37. The van der Waals surface area contributed by atoms with Crippen LogP contribution >= 0.6 is 0 Å². The lowest BCUT2D eigenvalue weighted by molar-refractivity contribution is -0.401. The van der Waals surface area contributed by atoms with Crippen LogP contribution in [-0.2, 0) is 9.53 Å². The first-order chi connectivity index (χ1) is 9.23. The molecule has 6 heteroatoms. The standard InChI is InChI=1S/C14H17NO5/c1-14(2,3)20-13(16)12(9-15(17)18)10-5-7-11(19-4)8-6-10/h5-9H,1-4H3. The van der Waals surface area contributed by atoms with Crippen molar-refractivity contribution in [1.82, 2.24) is 0 Å². The van der Waals surface area contributed by atoms with Crippen molar-refractivity contribution in [2.45, 2.75) is 26.4 Å². The minimum Gasteiger partial charge on any atom is -0.497 e. The van der Waals surface area contributed by atoms with Gasteiger partial charge in [0.25, 0.3) is 0 Å². The van der Waals surface area contributed by atoms with Crippen molar-refractivity contribution in [3.8, 4) is 5.75 Å². The number of nitrogens with zero attached hydrogens (tertiary/aromatic N) is 1. The fourth-order valence-corrected chi connectivity index (χ4v) is 1.45. The van der Waals surface area contributed by atoms with Crippen molar-refractivity contribution in [2.75, 3.05) is 7.11 Å². The molecule has 0 saturated carbocycles. The Morgan fingerprint density at radius 1 is 1.25 bits per heavy atom. The topological polar surface area (TPSA) is 78.7 Å². The summed E-state index contributed by atoms with van der Waals surface area (Å²) in [6.45, 7) is 5.09. The molecule has 0 aromatic heterocycles. The third-order valence-corrected chi connectivity index (χ3v) is 2.25. The Balaban J connectivity index is 3.12. The first-order valence-electron chi connectivity index (χ1n) is 5.96. The summed E-state index contributed by atoms with van der Waals surface area (Å²) in [7, 11) is 1.51. The van der Waals surface area contributed by atoms with Crippen LogP contribution in [0.15, 0.2) is 30.5 Å². The highest BCUT2D eigenvalue weighted by Crippen LogP contribution is 2.22. The molecule has 0 heterocycles. The summed E-state index contributed by atoms with van der Waals surface area (Å²) in [5.74, 6) is -0.141. The SMILES string of the molecule is COc1ccc(C(=C[N+](=O)[O-])C(=O)OC(C)(C)C)cc1. The number of carbonyl (C=O) groups is 1. The number of hydrogen-bond acceptors (Lipinski definition) is 5. The zero-order chi connectivity index (χ0) is 15.3. The molecule has 0 fully saturated rings. The molecule has 0 bridgehead atoms. The highest BCUT2D eigenvalue weighted by atomic mass is 16.6. The van der Waals surface area contributed by atoms with E-state index in [4.69, 9.17) is 9.47 Å². The fourth-order valence-electron chi connectivity index (χ4n) is 1.45. The summed E-state index contributed by atoms with van der Waals surface area (Å²) in [5, 5.41) is 10.7. The number of methoxy groups -OCH3 is 1. The predicted molar refractivity (Wildman–Crippen MR) is 73.8 cm³/mol. The van der Waals surface area contributed by atoms with Crippen LogP contribution < -0.4 is 4.74 Å². The van der Waals surface area contributed by atoms with Crippen molar-refractivity contribution in [3.05, 3.63) is 46.1 Å². The van der Waals surface area contributed by atoms with Crippen molar-refractivity contribution >= 4 is 11.5 Å². The molecule has 1 aromatic carbocycles. The zero-order valence-corrected chi connectivity index (χ0v) is 11.9. The lowest BCUT2D eigenvalue weighted by atomic mass is 10.1. The molecule has 0 spiro atoms. The second-order valence-electron chi connectivity index (χ2n) is 5.06. The van der Waals surface area contributed by atoms with Crippen molar-refractivity contribution < 1.29 is 19.2 Å². The molecule has 0 saturated heterocycles. The van der Waals surface area contributed by atoms with E-state index in [-0.39, 0.29) is 5.57 Å². The van der Waals surface area contributed by atoms with Gasteiger partial charge in [-0.3, -0.25) is 10.1 Å². The van der Waals surface area contributed by atoms with Crippen LogP contribution in [0.5, 0.6) is 5.75 Å². The first kappa shape index (κ1) is 15.7. The minimum atomic E-state index is -0.737. The molecule has 0 atom stereocenters. The Morgan fingerprint density at radius 3 is 2.20 bits per heavy atom. The van der Waals surface area contributed by atoms with Crippen LogP contribution in [0.1, 0.15) is 26.3 Å². The molecule has 1 rings (SSSR count). The van der Waals surface area contributed by atoms with E-state index in [9.17, 15) is 14.9 Å². The van der Waals surface area contributed by atoms with Crippen LogP contribution in [0.4, 0.5) is 0 Å². The predicted octanol–water partition coefficient (Wildman–Crippen LogP) is 2.65. The van der Waals surface area contributed by atoms with Crippen LogP contribution in [0.25, 0.3) is 5.57 Å². The van der Waals surface area contributed by atoms with Gasteiger partial charge < -0.3 is 9.47 Å². The van der Waals surface area contributed by atoms with Gasteiger partial charge in [-0.1, -0.05) is 12.1 Å². The number of esters is 1. The normalized spacial score (nSPS) is 11.9. The maximum atomic E-state index is 12.0. The van der Waals surface area contributed by atoms with Crippen LogP contribution in [0.3, 0.4) is 0 Å². The van der Waals surface area contributed by atoms with Gasteiger partial charge in [-0.25, -0.2) is 4.79 Å². The molecule has 0 amide bonds. The molecule has 20 heavy (non-hydrogen) atoms. The van der Waals surface area contributed by atoms with E-state index in [0.717, 1.165) is 0 Å². The summed E-state index contributed by atoms with van der Waals surface area (Å²) < 4.78 is 10.2. The highest BCUT2D eigenvalue weighted by Gasteiger charge is 2.23. The first-order valence-corrected chi connectivity index (χ1v) is 5.96. The summed E-state index contributed by atoms with van der Waals surface area (Å²) in [6, 6.07) is 6.37. The third kappa shape index (κ3) is 4.72. The van der Waals surface area contributed by atoms with Crippen LogP contribution in [0.2, 0.25) is 0 Å². The summed E-state index contributed by atoms with van der Waals surface area (Å²) >= 11 is 0. The van der Waals surface area contributed by atoms with Gasteiger partial charge >= 0.3 is 5.97 Å². The molecule has 0 aliphatic carbocycles. The van der Waals surface area contributed by atoms with E-state index in [1.807, 2.05) is 0 Å².